The molecule has 0 aliphatic heterocycles. The van der Waals surface area contributed by atoms with E-state index in [0.717, 1.165) is 0 Å². The number of phenols is 4. The number of phenolic OH excluding ortho intramolecular Hbond substituents is 4. The molecule has 28 heavy (non-hydrogen) atoms. The van der Waals surface area contributed by atoms with Gasteiger partial charge in [0.2, 0.25) is 0 Å². The Morgan fingerprint density at radius 1 is 0.393 bits per heavy atom. The Morgan fingerprint density at radius 2 is 0.571 bits per heavy atom. The van der Waals surface area contributed by atoms with E-state index in [9.17, 15) is 0 Å². The van der Waals surface area contributed by atoms with E-state index < -0.39 is 0 Å². The van der Waals surface area contributed by atoms with Crippen molar-refractivity contribution in [3.8, 4) is 23.0 Å². The van der Waals surface area contributed by atoms with Gasteiger partial charge in [-0.25, -0.2) is 0 Å². The standard InChI is InChI=1S/C12H18.2C6H6O2/c1-9(2)11-5-7-12(8-6-11)10(3)4;2*7-5-1-2-6(8)4-3-5/h5-10H,1-4H3;2*1-4,7-8H. The molecule has 3 rings (SSSR count). The van der Waals surface area contributed by atoms with Gasteiger partial charge in [-0.2, -0.15) is 0 Å². The molecule has 0 heterocycles. The minimum absolute atomic E-state index is 0.169. The average Bonchev–Trinajstić information content (AvgIpc) is 2.67. The van der Waals surface area contributed by atoms with Gasteiger partial charge in [0.25, 0.3) is 0 Å². The normalized spacial score (nSPS) is 9.93. The Hall–Kier alpha value is -3.14. The maximum Gasteiger partial charge on any atom is 0.115 e. The molecule has 0 fully saturated rings. The predicted molar refractivity (Wildman–Crippen MR) is 114 cm³/mol. The molecule has 0 saturated carbocycles. The van der Waals surface area contributed by atoms with Gasteiger partial charge in [-0.3, -0.25) is 0 Å². The Morgan fingerprint density at radius 3 is 0.714 bits per heavy atom. The van der Waals surface area contributed by atoms with Gasteiger partial charge in [-0.1, -0.05) is 52.0 Å². The van der Waals surface area contributed by atoms with Crippen LogP contribution in [0.5, 0.6) is 23.0 Å². The highest BCUT2D eigenvalue weighted by atomic mass is 16.3. The highest BCUT2D eigenvalue weighted by molar-refractivity contribution is 5.29. The zero-order valence-electron chi connectivity index (χ0n) is 16.9. The molecule has 0 aromatic heterocycles. The Balaban J connectivity index is 0.000000217. The molecule has 0 bridgehead atoms. The van der Waals surface area contributed by atoms with Gasteiger partial charge in [0, 0.05) is 0 Å². The van der Waals surface area contributed by atoms with Crippen LogP contribution in [0, 0.1) is 0 Å². The van der Waals surface area contributed by atoms with Crippen molar-refractivity contribution in [2.75, 3.05) is 0 Å². The van der Waals surface area contributed by atoms with Crippen LogP contribution >= 0.6 is 0 Å². The van der Waals surface area contributed by atoms with Crippen LogP contribution in [0.2, 0.25) is 0 Å². The number of hydrogen-bond acceptors (Lipinski definition) is 4. The van der Waals surface area contributed by atoms with E-state index in [1.807, 2.05) is 0 Å². The summed E-state index contributed by atoms with van der Waals surface area (Å²) in [4.78, 5) is 0. The minimum Gasteiger partial charge on any atom is -0.508 e. The topological polar surface area (TPSA) is 80.9 Å². The number of rotatable bonds is 2. The first-order valence-corrected chi connectivity index (χ1v) is 9.25. The van der Waals surface area contributed by atoms with Crippen LogP contribution in [0.25, 0.3) is 0 Å². The zero-order chi connectivity index (χ0) is 21.1. The number of aromatic hydroxyl groups is 4. The van der Waals surface area contributed by atoms with Crippen LogP contribution in [-0.2, 0) is 0 Å². The van der Waals surface area contributed by atoms with Gasteiger partial charge in [0.15, 0.2) is 0 Å². The van der Waals surface area contributed by atoms with Crippen molar-refractivity contribution < 1.29 is 20.4 Å². The summed E-state index contributed by atoms with van der Waals surface area (Å²) in [5, 5.41) is 34.6. The van der Waals surface area contributed by atoms with Gasteiger partial charge < -0.3 is 20.4 Å². The summed E-state index contributed by atoms with van der Waals surface area (Å²) in [7, 11) is 0. The van der Waals surface area contributed by atoms with Crippen molar-refractivity contribution >= 4 is 0 Å². The second-order valence-corrected chi connectivity index (χ2v) is 7.01. The van der Waals surface area contributed by atoms with E-state index in [4.69, 9.17) is 20.4 Å². The average molecular weight is 383 g/mol. The molecule has 3 aromatic rings. The van der Waals surface area contributed by atoms with Crippen LogP contribution in [0.3, 0.4) is 0 Å². The molecule has 4 N–H and O–H groups in total. The molecule has 0 atom stereocenters. The third kappa shape index (κ3) is 8.99. The first-order chi connectivity index (χ1) is 13.2. The second kappa shape index (κ2) is 11.5. The summed E-state index contributed by atoms with van der Waals surface area (Å²) in [5.41, 5.74) is 2.86. The van der Waals surface area contributed by atoms with Gasteiger partial charge in [0.05, 0.1) is 0 Å². The van der Waals surface area contributed by atoms with Crippen LogP contribution < -0.4 is 0 Å². The van der Waals surface area contributed by atoms with Crippen LogP contribution in [0.4, 0.5) is 0 Å². The lowest BCUT2D eigenvalue weighted by Gasteiger charge is -2.08. The molecule has 4 heteroatoms. The fourth-order valence-electron chi connectivity index (χ4n) is 2.17. The van der Waals surface area contributed by atoms with Gasteiger partial charge in [-0.15, -0.1) is 0 Å². The zero-order valence-corrected chi connectivity index (χ0v) is 16.9. The van der Waals surface area contributed by atoms with E-state index in [1.165, 1.54) is 59.7 Å². The maximum absolute atomic E-state index is 8.65. The van der Waals surface area contributed by atoms with E-state index in [2.05, 4.69) is 52.0 Å². The molecule has 4 nitrogen and oxygen atoms in total. The third-order valence-electron chi connectivity index (χ3n) is 3.97. The Kier molecular flexibility index (Phi) is 9.44. The summed E-state index contributed by atoms with van der Waals surface area (Å²) < 4.78 is 0. The summed E-state index contributed by atoms with van der Waals surface area (Å²) in [5.74, 6) is 1.97. The molecule has 0 saturated heterocycles. The molecular formula is C24H30O4. The van der Waals surface area contributed by atoms with E-state index in [-0.39, 0.29) is 23.0 Å². The van der Waals surface area contributed by atoms with Gasteiger partial charge in [0.1, 0.15) is 23.0 Å². The third-order valence-corrected chi connectivity index (χ3v) is 3.97. The van der Waals surface area contributed by atoms with Gasteiger partial charge in [-0.05, 0) is 71.5 Å². The second-order valence-electron chi connectivity index (χ2n) is 7.01. The van der Waals surface area contributed by atoms with Crippen molar-refractivity contribution in [3.63, 3.8) is 0 Å². The SMILES string of the molecule is CC(C)c1ccc(C(C)C)cc1.Oc1ccc(O)cc1.Oc1ccc(O)cc1. The van der Waals surface area contributed by atoms with Crippen molar-refractivity contribution in [2.45, 2.75) is 39.5 Å². The maximum atomic E-state index is 8.65. The minimum atomic E-state index is 0.169. The Labute approximate surface area is 167 Å². The smallest absolute Gasteiger partial charge is 0.115 e. The van der Waals surface area contributed by atoms with E-state index in [1.54, 1.807) is 0 Å². The fourth-order valence-corrected chi connectivity index (χ4v) is 2.17. The predicted octanol–water partition coefficient (Wildman–Crippen LogP) is 6.13. The number of benzene rings is 3. The van der Waals surface area contributed by atoms with Crippen LogP contribution in [0.1, 0.15) is 50.7 Å². The molecule has 0 amide bonds. The van der Waals surface area contributed by atoms with Crippen molar-refractivity contribution in [1.82, 2.24) is 0 Å². The first kappa shape index (κ1) is 22.9. The summed E-state index contributed by atoms with van der Waals surface area (Å²) in [6.45, 7) is 8.91. The lowest BCUT2D eigenvalue weighted by molar-refractivity contribution is 0.460. The monoisotopic (exact) mass is 382 g/mol. The molecule has 150 valence electrons. The lowest BCUT2D eigenvalue weighted by Crippen LogP contribution is -1.90. The van der Waals surface area contributed by atoms with E-state index in [0.29, 0.717) is 11.8 Å². The Bertz CT molecular complexity index is 677. The largest absolute Gasteiger partial charge is 0.508 e. The summed E-state index contributed by atoms with van der Waals surface area (Å²) >= 11 is 0. The molecule has 3 aromatic carbocycles. The summed E-state index contributed by atoms with van der Waals surface area (Å²) in [6, 6.07) is 20.4. The van der Waals surface area contributed by atoms with E-state index >= 15 is 0 Å². The fraction of sp³-hybridized carbons (Fsp3) is 0.250. The van der Waals surface area contributed by atoms with Gasteiger partial charge >= 0.3 is 0 Å². The first-order valence-electron chi connectivity index (χ1n) is 9.25. The molecule has 0 unspecified atom stereocenters. The van der Waals surface area contributed by atoms with Crippen LogP contribution in [0.15, 0.2) is 72.8 Å². The van der Waals surface area contributed by atoms with Crippen LogP contribution in [-0.4, -0.2) is 20.4 Å². The van der Waals surface area contributed by atoms with Crippen molar-refractivity contribution in [2.24, 2.45) is 0 Å². The quantitative estimate of drug-likeness (QED) is 0.402. The number of hydrogen-bond donors (Lipinski definition) is 4. The molecule has 0 spiro atoms. The van der Waals surface area contributed by atoms with Crippen molar-refractivity contribution in [3.05, 3.63) is 83.9 Å². The lowest BCUT2D eigenvalue weighted by atomic mass is 9.97. The highest BCUT2D eigenvalue weighted by Crippen LogP contribution is 2.19. The molecular weight excluding hydrogens is 352 g/mol. The summed E-state index contributed by atoms with van der Waals surface area (Å²) in [6.07, 6.45) is 0. The van der Waals surface area contributed by atoms with Crippen molar-refractivity contribution in [1.29, 1.82) is 0 Å². The molecule has 0 aliphatic rings. The highest BCUT2D eigenvalue weighted by Gasteiger charge is 2.00. The molecule has 0 aliphatic carbocycles. The molecule has 0 radical (unpaired) electrons.